The lowest BCUT2D eigenvalue weighted by Crippen LogP contribution is -2.13. The predicted molar refractivity (Wildman–Crippen MR) is 81.2 cm³/mol. The van der Waals surface area contributed by atoms with Crippen LogP contribution in [0.4, 0.5) is 23.4 Å². The van der Waals surface area contributed by atoms with Crippen LogP contribution in [0.25, 0.3) is 17.1 Å². The van der Waals surface area contributed by atoms with Gasteiger partial charge in [0.25, 0.3) is 5.91 Å². The van der Waals surface area contributed by atoms with Crippen LogP contribution in [-0.2, 0) is 0 Å². The lowest BCUT2D eigenvalue weighted by Gasteiger charge is -2.05. The number of fused-ring (bicyclic) bond motifs is 1. The van der Waals surface area contributed by atoms with Gasteiger partial charge < -0.3 is 5.32 Å². The summed E-state index contributed by atoms with van der Waals surface area (Å²) >= 11 is 0. The fraction of sp³-hybridized carbons (Fsp3) is 0.0667. The Hall–Kier alpha value is -3.30. The molecule has 6 nitrogen and oxygen atoms in total. The molecule has 0 aliphatic heterocycles. The molecule has 0 saturated heterocycles. The Labute approximate surface area is 137 Å². The van der Waals surface area contributed by atoms with E-state index in [4.69, 9.17) is 0 Å². The van der Waals surface area contributed by atoms with Crippen molar-refractivity contribution in [1.29, 1.82) is 0 Å². The van der Waals surface area contributed by atoms with Crippen LogP contribution in [0.1, 0.15) is 10.4 Å². The molecule has 0 unspecified atom stereocenters. The molecule has 0 saturated carbocycles. The number of rotatable bonds is 3. The Morgan fingerprint density at radius 2 is 1.84 bits per heavy atom. The number of hydrogen-bond acceptors (Lipinski definition) is 4. The highest BCUT2D eigenvalue weighted by Gasteiger charge is 2.26. The van der Waals surface area contributed by atoms with E-state index in [1.165, 1.54) is 0 Å². The summed E-state index contributed by atoms with van der Waals surface area (Å²) in [5.74, 6) is -2.15. The lowest BCUT2D eigenvalue weighted by molar-refractivity contribution is -0.0801. The number of alkyl halides is 3. The Balaban J connectivity index is 1.97. The summed E-state index contributed by atoms with van der Waals surface area (Å²) in [7, 11) is 0. The van der Waals surface area contributed by atoms with Crippen LogP contribution in [0.15, 0.2) is 49.1 Å². The van der Waals surface area contributed by atoms with Gasteiger partial charge in [-0.1, -0.05) is 18.2 Å². The summed E-state index contributed by atoms with van der Waals surface area (Å²) in [6.45, 7) is 0. The number of halogens is 4. The second kappa shape index (κ2) is 6.30. The van der Waals surface area contributed by atoms with E-state index < -0.39 is 24.1 Å². The summed E-state index contributed by atoms with van der Waals surface area (Å²) in [4.78, 5) is 23.5. The minimum Gasteiger partial charge on any atom is -0.305 e. The van der Waals surface area contributed by atoms with E-state index in [9.17, 15) is 22.4 Å². The highest BCUT2D eigenvalue weighted by Crippen LogP contribution is 2.25. The second-order valence-electron chi connectivity index (χ2n) is 4.84. The standard InChI is InChI=1S/C15H9F4N5O/c16-10(6-15(17,18)19)24-8-22-11-12(20-7-21-13(11)24)23-14(25)9-4-2-1-3-5-9/h1-8H,(H,20,21,23,25)/b10-6+. The SMILES string of the molecule is O=C(Nc1ncnc2c1ncn2/C(F)=C/C(F)(F)F)c1ccccc1. The maximum atomic E-state index is 13.8. The largest absolute Gasteiger partial charge is 0.414 e. The molecule has 2 aromatic heterocycles. The molecule has 3 rings (SSSR count). The van der Waals surface area contributed by atoms with E-state index in [1.54, 1.807) is 30.3 Å². The second-order valence-corrected chi connectivity index (χ2v) is 4.84. The van der Waals surface area contributed by atoms with Crippen molar-refractivity contribution in [1.82, 2.24) is 19.5 Å². The molecule has 10 heteroatoms. The average molecular weight is 351 g/mol. The molecule has 1 aromatic carbocycles. The van der Waals surface area contributed by atoms with Crippen LogP contribution in [0, 0.1) is 0 Å². The molecule has 3 aromatic rings. The van der Waals surface area contributed by atoms with Gasteiger partial charge in [0.1, 0.15) is 12.7 Å². The van der Waals surface area contributed by atoms with Crippen molar-refractivity contribution in [3.8, 4) is 0 Å². The van der Waals surface area contributed by atoms with E-state index in [1.807, 2.05) is 0 Å². The molecule has 0 aliphatic rings. The van der Waals surface area contributed by atoms with Gasteiger partial charge in [0.15, 0.2) is 17.0 Å². The molecular formula is C15H9F4N5O. The summed E-state index contributed by atoms with van der Waals surface area (Å²) in [5, 5.41) is 2.47. The van der Waals surface area contributed by atoms with E-state index in [-0.39, 0.29) is 17.0 Å². The van der Waals surface area contributed by atoms with E-state index in [2.05, 4.69) is 20.3 Å². The third-order valence-electron chi connectivity index (χ3n) is 3.11. The fourth-order valence-corrected chi connectivity index (χ4v) is 2.06. The van der Waals surface area contributed by atoms with Crippen LogP contribution >= 0.6 is 0 Å². The smallest absolute Gasteiger partial charge is 0.305 e. The minimum atomic E-state index is -4.84. The molecule has 0 spiro atoms. The van der Waals surface area contributed by atoms with Crippen molar-refractivity contribution in [3.63, 3.8) is 0 Å². The van der Waals surface area contributed by atoms with Gasteiger partial charge in [0.05, 0.1) is 6.08 Å². The molecule has 1 N–H and O–H groups in total. The van der Waals surface area contributed by atoms with Gasteiger partial charge >= 0.3 is 6.18 Å². The molecule has 0 atom stereocenters. The number of carbonyl (C=O) groups is 1. The van der Waals surface area contributed by atoms with Crippen LogP contribution < -0.4 is 5.32 Å². The summed E-state index contributed by atoms with van der Waals surface area (Å²) in [6, 6.07) is 8.19. The number of amides is 1. The monoisotopic (exact) mass is 351 g/mol. The van der Waals surface area contributed by atoms with Crippen molar-refractivity contribution < 1.29 is 22.4 Å². The topological polar surface area (TPSA) is 72.7 Å². The first kappa shape index (κ1) is 16.6. The summed E-state index contributed by atoms with van der Waals surface area (Å²) < 4.78 is 51.2. The third kappa shape index (κ3) is 3.62. The molecule has 0 aliphatic carbocycles. The van der Waals surface area contributed by atoms with Crippen molar-refractivity contribution >= 4 is 28.8 Å². The Bertz CT molecular complexity index is 949. The Kier molecular flexibility index (Phi) is 4.17. The Morgan fingerprint density at radius 3 is 2.52 bits per heavy atom. The molecule has 0 bridgehead atoms. The number of nitrogens with zero attached hydrogens (tertiary/aromatic N) is 4. The third-order valence-corrected chi connectivity index (χ3v) is 3.11. The zero-order valence-corrected chi connectivity index (χ0v) is 12.3. The van der Waals surface area contributed by atoms with Crippen molar-refractivity contribution in [2.75, 3.05) is 5.32 Å². The summed E-state index contributed by atoms with van der Waals surface area (Å²) in [6.07, 6.45) is -3.53. The lowest BCUT2D eigenvalue weighted by atomic mass is 10.2. The van der Waals surface area contributed by atoms with Gasteiger partial charge in [-0.2, -0.15) is 17.6 Å². The van der Waals surface area contributed by atoms with Crippen LogP contribution in [0.3, 0.4) is 0 Å². The molecule has 128 valence electrons. The average Bonchev–Trinajstić information content (AvgIpc) is 2.99. The molecule has 25 heavy (non-hydrogen) atoms. The molecule has 1 amide bonds. The number of benzene rings is 1. The molecular weight excluding hydrogens is 342 g/mol. The fourth-order valence-electron chi connectivity index (χ4n) is 2.06. The molecule has 2 heterocycles. The molecule has 0 fully saturated rings. The highest BCUT2D eigenvalue weighted by molar-refractivity contribution is 6.06. The van der Waals surface area contributed by atoms with Gasteiger partial charge in [-0.3, -0.25) is 9.36 Å². The Morgan fingerprint density at radius 1 is 1.12 bits per heavy atom. The van der Waals surface area contributed by atoms with E-state index in [0.717, 1.165) is 12.7 Å². The van der Waals surface area contributed by atoms with Gasteiger partial charge in [0, 0.05) is 5.56 Å². The van der Waals surface area contributed by atoms with Crippen LogP contribution in [0.5, 0.6) is 0 Å². The van der Waals surface area contributed by atoms with Gasteiger partial charge in [-0.15, -0.1) is 0 Å². The first-order valence-corrected chi connectivity index (χ1v) is 6.85. The summed E-state index contributed by atoms with van der Waals surface area (Å²) in [5.41, 5.74) is 0.0886. The van der Waals surface area contributed by atoms with E-state index in [0.29, 0.717) is 10.1 Å². The number of anilines is 1. The van der Waals surface area contributed by atoms with Gasteiger partial charge in [-0.25, -0.2) is 15.0 Å². The zero-order chi connectivity index (χ0) is 18.0. The first-order valence-electron chi connectivity index (χ1n) is 6.85. The number of imidazole rings is 1. The minimum absolute atomic E-state index is 0.0440. The van der Waals surface area contributed by atoms with Crippen LogP contribution in [-0.4, -0.2) is 31.6 Å². The van der Waals surface area contributed by atoms with Crippen molar-refractivity contribution in [2.45, 2.75) is 6.18 Å². The maximum Gasteiger partial charge on any atom is 0.414 e. The number of carbonyl (C=O) groups excluding carboxylic acids is 1. The normalized spacial score (nSPS) is 12.4. The number of hydrogen-bond donors (Lipinski definition) is 1. The number of allylic oxidation sites excluding steroid dienone is 1. The van der Waals surface area contributed by atoms with Crippen LogP contribution in [0.2, 0.25) is 0 Å². The maximum absolute atomic E-state index is 13.8. The van der Waals surface area contributed by atoms with Gasteiger partial charge in [-0.05, 0) is 12.1 Å². The van der Waals surface area contributed by atoms with Crippen molar-refractivity contribution in [3.05, 3.63) is 54.6 Å². The zero-order valence-electron chi connectivity index (χ0n) is 12.3. The quantitative estimate of drug-likeness (QED) is 0.734. The number of aromatic nitrogens is 4. The van der Waals surface area contributed by atoms with Crippen molar-refractivity contribution in [2.24, 2.45) is 0 Å². The first-order chi connectivity index (χ1) is 11.8. The number of nitrogens with one attached hydrogen (secondary N) is 1. The molecule has 0 radical (unpaired) electrons. The van der Waals surface area contributed by atoms with Gasteiger partial charge in [0.2, 0.25) is 5.95 Å². The van der Waals surface area contributed by atoms with E-state index >= 15 is 0 Å². The highest BCUT2D eigenvalue weighted by atomic mass is 19.4. The predicted octanol–water partition coefficient (Wildman–Crippen LogP) is 3.41.